The van der Waals surface area contributed by atoms with Gasteiger partial charge in [0.2, 0.25) is 0 Å². The number of unbranched alkanes of at least 4 members (excludes halogenated alkanes) is 2. The van der Waals surface area contributed by atoms with Crippen LogP contribution >= 0.6 is 0 Å². The predicted octanol–water partition coefficient (Wildman–Crippen LogP) is 6.25. The van der Waals surface area contributed by atoms with Crippen molar-refractivity contribution in [3.8, 4) is 11.3 Å². The summed E-state index contributed by atoms with van der Waals surface area (Å²) in [7, 11) is 0. The number of hydrogen-bond donors (Lipinski definition) is 0. The van der Waals surface area contributed by atoms with Crippen LogP contribution in [0.3, 0.4) is 0 Å². The fourth-order valence-electron chi connectivity index (χ4n) is 3.49. The van der Waals surface area contributed by atoms with Crippen molar-refractivity contribution in [3.63, 3.8) is 0 Å². The van der Waals surface area contributed by atoms with Crippen molar-refractivity contribution < 1.29 is 4.79 Å². The molecule has 3 heteroatoms. The molecule has 1 amide bonds. The molecule has 0 radical (unpaired) electrons. The molecular weight excluding hydrogens is 344 g/mol. The first-order valence-electron chi connectivity index (χ1n) is 10.4. The molecule has 1 heterocycles. The van der Waals surface area contributed by atoms with Gasteiger partial charge in [-0.25, -0.2) is 4.98 Å². The van der Waals surface area contributed by atoms with Gasteiger partial charge in [0.15, 0.2) is 0 Å². The lowest BCUT2D eigenvalue weighted by Crippen LogP contribution is -2.33. The lowest BCUT2D eigenvalue weighted by molar-refractivity contribution is 0.0753. The van der Waals surface area contributed by atoms with Crippen LogP contribution in [0, 0.1) is 6.92 Å². The van der Waals surface area contributed by atoms with E-state index in [0.717, 1.165) is 66.5 Å². The van der Waals surface area contributed by atoms with Crippen molar-refractivity contribution in [3.05, 3.63) is 65.7 Å². The van der Waals surface area contributed by atoms with Crippen molar-refractivity contribution in [1.29, 1.82) is 0 Å². The summed E-state index contributed by atoms with van der Waals surface area (Å²) in [5.74, 6) is 0.120. The van der Waals surface area contributed by atoms with Crippen LogP contribution in [0.15, 0.2) is 54.6 Å². The average Bonchev–Trinajstić information content (AvgIpc) is 2.72. The summed E-state index contributed by atoms with van der Waals surface area (Å²) >= 11 is 0. The molecule has 146 valence electrons. The maximum atomic E-state index is 13.5. The molecule has 0 unspecified atom stereocenters. The van der Waals surface area contributed by atoms with E-state index in [-0.39, 0.29) is 5.91 Å². The van der Waals surface area contributed by atoms with Gasteiger partial charge >= 0.3 is 0 Å². The normalized spacial score (nSPS) is 11.0. The van der Waals surface area contributed by atoms with Crippen LogP contribution in [0.5, 0.6) is 0 Å². The molecule has 0 aliphatic rings. The SMILES string of the molecule is CCCCN(CCCC)C(=O)c1cc(-c2cccc(C)c2)nc2ccccc12. The maximum absolute atomic E-state index is 13.5. The number of amides is 1. The number of para-hydroxylation sites is 1. The van der Waals surface area contributed by atoms with E-state index in [2.05, 4.69) is 39.0 Å². The van der Waals surface area contributed by atoms with Gasteiger partial charge in [0.05, 0.1) is 16.8 Å². The van der Waals surface area contributed by atoms with E-state index in [1.165, 1.54) is 5.56 Å². The molecule has 0 bridgehead atoms. The van der Waals surface area contributed by atoms with Crippen LogP contribution in [-0.2, 0) is 0 Å². The van der Waals surface area contributed by atoms with E-state index in [4.69, 9.17) is 4.98 Å². The highest BCUT2D eigenvalue weighted by Crippen LogP contribution is 2.26. The summed E-state index contributed by atoms with van der Waals surface area (Å²) < 4.78 is 0. The van der Waals surface area contributed by atoms with E-state index < -0.39 is 0 Å². The number of hydrogen-bond acceptors (Lipinski definition) is 2. The van der Waals surface area contributed by atoms with Crippen LogP contribution in [0.25, 0.3) is 22.2 Å². The Morgan fingerprint density at radius 3 is 2.32 bits per heavy atom. The van der Waals surface area contributed by atoms with Gasteiger partial charge in [-0.1, -0.05) is 68.7 Å². The minimum absolute atomic E-state index is 0.120. The molecule has 0 spiro atoms. The Balaban J connectivity index is 2.08. The first-order valence-corrected chi connectivity index (χ1v) is 10.4. The third-order valence-electron chi connectivity index (χ3n) is 5.11. The fourth-order valence-corrected chi connectivity index (χ4v) is 3.49. The number of benzene rings is 2. The average molecular weight is 375 g/mol. The smallest absolute Gasteiger partial charge is 0.254 e. The van der Waals surface area contributed by atoms with Crippen LogP contribution in [-0.4, -0.2) is 28.9 Å². The second-order valence-corrected chi connectivity index (χ2v) is 7.44. The minimum Gasteiger partial charge on any atom is -0.339 e. The summed E-state index contributed by atoms with van der Waals surface area (Å²) in [5.41, 5.74) is 4.73. The number of carbonyl (C=O) groups is 1. The van der Waals surface area contributed by atoms with Crippen molar-refractivity contribution in [1.82, 2.24) is 9.88 Å². The van der Waals surface area contributed by atoms with Gasteiger partial charge in [-0.3, -0.25) is 4.79 Å². The van der Waals surface area contributed by atoms with Gasteiger partial charge in [-0.2, -0.15) is 0 Å². The number of aromatic nitrogens is 1. The molecule has 0 fully saturated rings. The Hall–Kier alpha value is -2.68. The zero-order chi connectivity index (χ0) is 19.9. The van der Waals surface area contributed by atoms with E-state index in [9.17, 15) is 4.79 Å². The Bertz CT molecular complexity index is 940. The predicted molar refractivity (Wildman–Crippen MR) is 118 cm³/mol. The topological polar surface area (TPSA) is 33.2 Å². The highest BCUT2D eigenvalue weighted by atomic mass is 16.2. The van der Waals surface area contributed by atoms with E-state index in [0.29, 0.717) is 0 Å². The number of carbonyl (C=O) groups excluding carboxylic acids is 1. The third kappa shape index (κ3) is 4.59. The Morgan fingerprint density at radius 1 is 0.929 bits per heavy atom. The number of pyridine rings is 1. The first-order chi connectivity index (χ1) is 13.6. The largest absolute Gasteiger partial charge is 0.339 e. The van der Waals surface area contributed by atoms with Crippen molar-refractivity contribution >= 4 is 16.8 Å². The zero-order valence-electron chi connectivity index (χ0n) is 17.2. The summed E-state index contributed by atoms with van der Waals surface area (Å²) in [6.45, 7) is 8.03. The minimum atomic E-state index is 0.120. The quantitative estimate of drug-likeness (QED) is 0.467. The molecule has 0 atom stereocenters. The molecule has 3 nitrogen and oxygen atoms in total. The lowest BCUT2D eigenvalue weighted by atomic mass is 10.0. The second kappa shape index (κ2) is 9.50. The van der Waals surface area contributed by atoms with Gasteiger partial charge in [0.1, 0.15) is 0 Å². The highest BCUT2D eigenvalue weighted by Gasteiger charge is 2.19. The molecule has 2 aromatic carbocycles. The van der Waals surface area contributed by atoms with Crippen LogP contribution < -0.4 is 0 Å². The molecule has 0 saturated carbocycles. The number of rotatable bonds is 8. The van der Waals surface area contributed by atoms with Gasteiger partial charge in [-0.05, 0) is 38.0 Å². The lowest BCUT2D eigenvalue weighted by Gasteiger charge is -2.23. The van der Waals surface area contributed by atoms with Crippen molar-refractivity contribution in [2.75, 3.05) is 13.1 Å². The van der Waals surface area contributed by atoms with Crippen LogP contribution in [0.1, 0.15) is 55.5 Å². The van der Waals surface area contributed by atoms with Gasteiger partial charge < -0.3 is 4.90 Å². The molecule has 0 aliphatic heterocycles. The zero-order valence-corrected chi connectivity index (χ0v) is 17.2. The van der Waals surface area contributed by atoms with Crippen LogP contribution in [0.2, 0.25) is 0 Å². The van der Waals surface area contributed by atoms with E-state index >= 15 is 0 Å². The van der Waals surface area contributed by atoms with Crippen LogP contribution in [0.4, 0.5) is 0 Å². The molecule has 0 saturated heterocycles. The number of aryl methyl sites for hydroxylation is 1. The summed E-state index contributed by atoms with van der Waals surface area (Å²) in [5, 5.41) is 0.932. The molecule has 3 rings (SSSR count). The van der Waals surface area contributed by atoms with Crippen molar-refractivity contribution in [2.24, 2.45) is 0 Å². The molecule has 3 aromatic rings. The number of nitrogens with zero attached hydrogens (tertiary/aromatic N) is 2. The number of fused-ring (bicyclic) bond motifs is 1. The molecule has 28 heavy (non-hydrogen) atoms. The van der Waals surface area contributed by atoms with Gasteiger partial charge in [-0.15, -0.1) is 0 Å². The molecule has 0 N–H and O–H groups in total. The Morgan fingerprint density at radius 2 is 1.64 bits per heavy atom. The third-order valence-corrected chi connectivity index (χ3v) is 5.11. The summed E-state index contributed by atoms with van der Waals surface area (Å²) in [4.78, 5) is 20.4. The molecular formula is C25H30N2O. The highest BCUT2D eigenvalue weighted by molar-refractivity contribution is 6.07. The molecule has 1 aromatic heterocycles. The second-order valence-electron chi connectivity index (χ2n) is 7.44. The summed E-state index contributed by atoms with van der Waals surface area (Å²) in [6.07, 6.45) is 4.23. The first kappa shape index (κ1) is 20.1. The van der Waals surface area contributed by atoms with Gasteiger partial charge in [0, 0.05) is 24.0 Å². The standard InChI is InChI=1S/C25H30N2O/c1-4-6-15-27(16-7-5-2)25(28)22-18-24(20-12-10-11-19(3)17-20)26-23-14-9-8-13-21(22)23/h8-14,17-18H,4-7,15-16H2,1-3H3. The van der Waals surface area contributed by atoms with E-state index in [1.54, 1.807) is 0 Å². The molecule has 0 aliphatic carbocycles. The maximum Gasteiger partial charge on any atom is 0.254 e. The Kier molecular flexibility index (Phi) is 6.80. The fraction of sp³-hybridized carbons (Fsp3) is 0.360. The van der Waals surface area contributed by atoms with Gasteiger partial charge in [0.25, 0.3) is 5.91 Å². The monoisotopic (exact) mass is 374 g/mol. The summed E-state index contributed by atoms with van der Waals surface area (Å²) in [6, 6.07) is 18.2. The van der Waals surface area contributed by atoms with E-state index in [1.807, 2.05) is 41.3 Å². The van der Waals surface area contributed by atoms with Crippen molar-refractivity contribution in [2.45, 2.75) is 46.5 Å². The Labute approximate surface area is 168 Å².